The van der Waals surface area contributed by atoms with Crippen molar-refractivity contribution < 1.29 is 0 Å². The molecular formula is C90H62N2. The van der Waals surface area contributed by atoms with E-state index < -0.39 is 10.8 Å². The highest BCUT2D eigenvalue weighted by molar-refractivity contribution is 6.07. The van der Waals surface area contributed by atoms with Gasteiger partial charge in [0.15, 0.2) is 0 Å². The van der Waals surface area contributed by atoms with Gasteiger partial charge < -0.3 is 9.80 Å². The zero-order chi connectivity index (χ0) is 61.0. The SMILES string of the molecule is c1ccc(-c2cccc(N(c3ccc(-c4ccc(N(c5cccc(-c6ccccc6)c5)c5ccc6c(c5)C(c5ccccc5)(c5ccccc5)c5ccccc5-6)c5ccccc45)cc3)c3ccc4c(c3)C(c3ccccc3)(c3ccccc3)c3ccccc3-4)c2)cc1. The van der Waals surface area contributed by atoms with Gasteiger partial charge in [-0.1, -0.05) is 309 Å². The van der Waals surface area contributed by atoms with Gasteiger partial charge in [0, 0.05) is 33.8 Å². The highest BCUT2D eigenvalue weighted by Crippen LogP contribution is 2.60. The van der Waals surface area contributed by atoms with Crippen LogP contribution in [-0.2, 0) is 10.8 Å². The van der Waals surface area contributed by atoms with Crippen molar-refractivity contribution in [2.45, 2.75) is 10.8 Å². The van der Waals surface area contributed by atoms with E-state index in [1.807, 2.05) is 0 Å². The molecule has 17 rings (SSSR count). The van der Waals surface area contributed by atoms with E-state index in [4.69, 9.17) is 0 Å². The van der Waals surface area contributed by atoms with Crippen LogP contribution in [-0.4, -0.2) is 0 Å². The summed E-state index contributed by atoms with van der Waals surface area (Å²) in [6.07, 6.45) is 0. The molecule has 0 atom stereocenters. The van der Waals surface area contributed by atoms with Gasteiger partial charge in [-0.3, -0.25) is 0 Å². The maximum absolute atomic E-state index is 2.49. The summed E-state index contributed by atoms with van der Waals surface area (Å²) in [5.41, 5.74) is 27.4. The van der Waals surface area contributed by atoms with Gasteiger partial charge in [-0.2, -0.15) is 0 Å². The lowest BCUT2D eigenvalue weighted by atomic mass is 9.67. The van der Waals surface area contributed by atoms with E-state index in [0.29, 0.717) is 0 Å². The number of hydrogen-bond acceptors (Lipinski definition) is 2. The molecule has 432 valence electrons. The van der Waals surface area contributed by atoms with E-state index >= 15 is 0 Å². The second-order valence-corrected chi connectivity index (χ2v) is 24.2. The predicted octanol–water partition coefficient (Wildman–Crippen LogP) is 23.5. The quantitative estimate of drug-likeness (QED) is 0.114. The summed E-state index contributed by atoms with van der Waals surface area (Å²) in [5, 5.41) is 2.32. The number of anilines is 6. The molecule has 0 unspecified atom stereocenters. The number of hydrogen-bond donors (Lipinski definition) is 0. The van der Waals surface area contributed by atoms with Crippen LogP contribution in [0.1, 0.15) is 44.5 Å². The number of rotatable bonds is 13. The van der Waals surface area contributed by atoms with Crippen LogP contribution in [0.3, 0.4) is 0 Å². The molecule has 2 heteroatoms. The Morgan fingerprint density at radius 1 is 0.174 bits per heavy atom. The summed E-state index contributed by atoms with van der Waals surface area (Å²) in [7, 11) is 0. The molecule has 0 fully saturated rings. The smallest absolute Gasteiger partial charge is 0.0714 e. The Morgan fingerprint density at radius 3 is 0.978 bits per heavy atom. The fraction of sp³-hybridized carbons (Fsp3) is 0.0222. The van der Waals surface area contributed by atoms with Gasteiger partial charge in [0.1, 0.15) is 0 Å². The molecule has 2 aliphatic rings. The lowest BCUT2D eigenvalue weighted by molar-refractivity contribution is 0.768. The number of fused-ring (bicyclic) bond motifs is 7. The highest BCUT2D eigenvalue weighted by atomic mass is 15.1. The normalized spacial score (nSPS) is 13.0. The van der Waals surface area contributed by atoms with E-state index in [0.717, 1.165) is 61.8 Å². The average molecular weight is 1170 g/mol. The van der Waals surface area contributed by atoms with Gasteiger partial charge in [-0.15, -0.1) is 0 Å². The van der Waals surface area contributed by atoms with Crippen molar-refractivity contribution in [3.05, 3.63) is 421 Å². The zero-order valence-electron chi connectivity index (χ0n) is 50.7. The fourth-order valence-electron chi connectivity index (χ4n) is 15.4. The summed E-state index contributed by atoms with van der Waals surface area (Å²) < 4.78 is 0. The molecule has 0 amide bonds. The van der Waals surface area contributed by atoms with Crippen LogP contribution < -0.4 is 9.80 Å². The van der Waals surface area contributed by atoms with Gasteiger partial charge in [0.2, 0.25) is 0 Å². The first-order chi connectivity index (χ1) is 45.6. The molecule has 0 aliphatic heterocycles. The largest absolute Gasteiger partial charge is 0.310 e. The van der Waals surface area contributed by atoms with Crippen molar-refractivity contribution >= 4 is 44.9 Å². The molecule has 0 saturated heterocycles. The summed E-state index contributed by atoms with van der Waals surface area (Å²) >= 11 is 0. The van der Waals surface area contributed by atoms with Crippen LogP contribution in [0.5, 0.6) is 0 Å². The lowest BCUT2D eigenvalue weighted by Gasteiger charge is -2.35. The molecule has 0 N–H and O–H groups in total. The van der Waals surface area contributed by atoms with Crippen molar-refractivity contribution in [3.8, 4) is 55.6 Å². The minimum atomic E-state index is -0.568. The third-order valence-corrected chi connectivity index (χ3v) is 19.4. The average Bonchev–Trinajstić information content (AvgIpc) is 1.55. The van der Waals surface area contributed by atoms with E-state index in [2.05, 4.69) is 386 Å². The Hall–Kier alpha value is -11.8. The van der Waals surface area contributed by atoms with Crippen molar-refractivity contribution in [3.63, 3.8) is 0 Å². The first-order valence-electron chi connectivity index (χ1n) is 31.9. The summed E-state index contributed by atoms with van der Waals surface area (Å²) in [5.74, 6) is 0. The van der Waals surface area contributed by atoms with Crippen LogP contribution in [0.15, 0.2) is 376 Å². The first kappa shape index (κ1) is 54.3. The van der Waals surface area contributed by atoms with E-state index in [1.165, 1.54) is 83.3 Å². The third kappa shape index (κ3) is 8.78. The molecule has 92 heavy (non-hydrogen) atoms. The van der Waals surface area contributed by atoms with E-state index in [9.17, 15) is 0 Å². The van der Waals surface area contributed by atoms with Crippen molar-refractivity contribution in [1.82, 2.24) is 0 Å². The zero-order valence-corrected chi connectivity index (χ0v) is 50.7. The second-order valence-electron chi connectivity index (χ2n) is 24.2. The summed E-state index contributed by atoms with van der Waals surface area (Å²) in [6.45, 7) is 0. The lowest BCUT2D eigenvalue weighted by Crippen LogP contribution is -2.28. The molecular weight excluding hydrogens is 1110 g/mol. The molecule has 15 aromatic rings. The predicted molar refractivity (Wildman–Crippen MR) is 384 cm³/mol. The first-order valence-corrected chi connectivity index (χ1v) is 31.9. The monoisotopic (exact) mass is 1170 g/mol. The van der Waals surface area contributed by atoms with Crippen LogP contribution in [0.25, 0.3) is 66.4 Å². The third-order valence-electron chi connectivity index (χ3n) is 19.4. The number of benzene rings is 15. The Kier molecular flexibility index (Phi) is 13.4. The maximum atomic E-state index is 2.49. The Labute approximate surface area is 538 Å². The van der Waals surface area contributed by atoms with Crippen LogP contribution in [0, 0.1) is 0 Å². The Morgan fingerprint density at radius 2 is 0.511 bits per heavy atom. The Bertz CT molecular complexity index is 5120. The second kappa shape index (κ2) is 22.6. The van der Waals surface area contributed by atoms with Gasteiger partial charge in [-0.05, 0) is 172 Å². The summed E-state index contributed by atoms with van der Waals surface area (Å²) in [6, 6.07) is 139. The van der Waals surface area contributed by atoms with Crippen LogP contribution in [0.2, 0.25) is 0 Å². The molecule has 15 aromatic carbocycles. The van der Waals surface area contributed by atoms with Gasteiger partial charge in [0.25, 0.3) is 0 Å². The molecule has 0 radical (unpaired) electrons. The molecule has 0 bridgehead atoms. The fourth-order valence-corrected chi connectivity index (χ4v) is 15.4. The highest BCUT2D eigenvalue weighted by Gasteiger charge is 2.48. The number of nitrogens with zero attached hydrogens (tertiary/aromatic N) is 2. The topological polar surface area (TPSA) is 6.48 Å². The standard InChI is InChI=1S/C90H62N2/c1-7-27-63(28-8-1)66-31-25-41-73(59-66)91(75-53-55-81-79-44-21-23-47-84(79)89(86(81)61-75,68-33-11-3-12-34-68)69-35-13-4-14-36-69)72-51-49-65(50-52-72)77-57-58-88(83-46-20-19-43-78(77)83)92(74-42-26-32-67(60-74)64-29-9-2-10-30-64)76-54-56-82-80-45-22-24-48-85(80)90(87(82)62-76,70-37-15-5-16-38-70)71-39-17-6-18-40-71/h1-62H. The van der Waals surface area contributed by atoms with Crippen LogP contribution in [0.4, 0.5) is 34.1 Å². The van der Waals surface area contributed by atoms with Gasteiger partial charge in [-0.25, -0.2) is 0 Å². The Balaban J connectivity index is 0.826. The molecule has 2 aliphatic carbocycles. The van der Waals surface area contributed by atoms with Crippen molar-refractivity contribution in [2.75, 3.05) is 9.80 Å². The van der Waals surface area contributed by atoms with Gasteiger partial charge in [0.05, 0.1) is 16.5 Å². The minimum absolute atomic E-state index is 0.555. The maximum Gasteiger partial charge on any atom is 0.0714 e. The van der Waals surface area contributed by atoms with Crippen molar-refractivity contribution in [2.24, 2.45) is 0 Å². The molecule has 0 spiro atoms. The van der Waals surface area contributed by atoms with Gasteiger partial charge >= 0.3 is 0 Å². The molecule has 0 saturated carbocycles. The molecule has 0 heterocycles. The van der Waals surface area contributed by atoms with E-state index in [1.54, 1.807) is 0 Å². The molecule has 2 nitrogen and oxygen atoms in total. The van der Waals surface area contributed by atoms with E-state index in [-0.39, 0.29) is 0 Å². The minimum Gasteiger partial charge on any atom is -0.310 e. The van der Waals surface area contributed by atoms with Crippen molar-refractivity contribution in [1.29, 1.82) is 0 Å². The summed E-state index contributed by atoms with van der Waals surface area (Å²) in [4.78, 5) is 4.94. The van der Waals surface area contributed by atoms with Crippen LogP contribution >= 0.6 is 0 Å². The molecule has 0 aromatic heterocycles.